The molecule has 0 spiro atoms. The number of carbonyl (C=O) groups excluding carboxylic acids is 2. The number of hydrogen-bond acceptors (Lipinski definition) is 6. The van der Waals surface area contributed by atoms with E-state index in [0.29, 0.717) is 14.5 Å². The molecular weight excluding hydrogens is 869 g/mol. The van der Waals surface area contributed by atoms with Gasteiger partial charge in [0.05, 0.1) is 7.11 Å². The van der Waals surface area contributed by atoms with Crippen molar-refractivity contribution in [1.82, 2.24) is 0 Å². The standard InChI is InChI=1S/C15H9Br2FO.C10H11BrFO4P.C7H7BrO/c16-12-3-1-2-10(6-12)4-5-15(19)11-7-13(17)9-14(18)8-11;1-15-17(14,16-2)6-10(13)7-3-8(11)5-9(12)4-7;1-9-7-4-2-3-6(8)5-7/h1-9H;3-5H,6H2,1-2H3;2-5H,1H3/b5-4+;;. The quantitative estimate of drug-likeness (QED) is 0.0946. The fourth-order valence-corrected chi connectivity index (χ4v) is 6.02. The van der Waals surface area contributed by atoms with Crippen LogP contribution in [0, 0.1) is 11.6 Å². The molecule has 0 radical (unpaired) electrons. The minimum Gasteiger partial charge on any atom is -0.497 e. The fourth-order valence-electron chi connectivity index (χ4n) is 3.35. The first-order valence-corrected chi connectivity index (χ1v) is 17.6. The van der Waals surface area contributed by atoms with E-state index in [-0.39, 0.29) is 11.3 Å². The number of allylic oxidation sites excluding steroid dienone is 1. The van der Waals surface area contributed by atoms with E-state index in [2.05, 4.69) is 72.8 Å². The minimum absolute atomic E-state index is 0.117. The van der Waals surface area contributed by atoms with Gasteiger partial charge in [0.25, 0.3) is 0 Å². The predicted molar refractivity (Wildman–Crippen MR) is 187 cm³/mol. The summed E-state index contributed by atoms with van der Waals surface area (Å²) >= 11 is 12.9. The largest absolute Gasteiger partial charge is 0.497 e. The molecule has 0 fully saturated rings. The third kappa shape index (κ3) is 14.3. The van der Waals surface area contributed by atoms with Crippen LogP contribution in [-0.4, -0.2) is 39.1 Å². The normalized spacial score (nSPS) is 10.8. The Kier molecular flexibility index (Phi) is 16.7. The highest BCUT2D eigenvalue weighted by atomic mass is 79.9. The lowest BCUT2D eigenvalue weighted by atomic mass is 10.1. The summed E-state index contributed by atoms with van der Waals surface area (Å²) < 4.78 is 55.2. The van der Waals surface area contributed by atoms with Crippen molar-refractivity contribution in [3.05, 3.63) is 137 Å². The van der Waals surface area contributed by atoms with Crippen molar-refractivity contribution in [3.8, 4) is 5.75 Å². The smallest absolute Gasteiger partial charge is 0.337 e. The SMILES string of the molecule is COP(=O)(CC(=O)c1cc(F)cc(Br)c1)OC.COc1cccc(Br)c1.O=C(/C=C/c1cccc(Br)c1)c1cc(F)cc(Br)c1. The van der Waals surface area contributed by atoms with Crippen LogP contribution in [0.15, 0.2) is 109 Å². The van der Waals surface area contributed by atoms with Crippen LogP contribution < -0.4 is 4.74 Å². The molecular formula is C32H27Br4F2O6P. The summed E-state index contributed by atoms with van der Waals surface area (Å²) in [5.41, 5.74) is 1.34. The minimum atomic E-state index is -3.42. The number of benzene rings is 4. The molecule has 238 valence electrons. The second-order valence-corrected chi connectivity index (χ2v) is 14.7. The van der Waals surface area contributed by atoms with Crippen molar-refractivity contribution >= 4 is 89.0 Å². The highest BCUT2D eigenvalue weighted by Gasteiger charge is 2.26. The molecule has 0 N–H and O–H groups in total. The molecule has 0 bridgehead atoms. The lowest BCUT2D eigenvalue weighted by Crippen LogP contribution is -2.08. The molecule has 4 aromatic rings. The van der Waals surface area contributed by atoms with Gasteiger partial charge in [-0.15, -0.1) is 0 Å². The van der Waals surface area contributed by atoms with Gasteiger partial charge in [-0.25, -0.2) is 8.78 Å². The van der Waals surface area contributed by atoms with E-state index in [4.69, 9.17) is 4.74 Å². The van der Waals surface area contributed by atoms with Crippen molar-refractivity contribution in [1.29, 1.82) is 0 Å². The Bertz CT molecular complexity index is 1650. The second kappa shape index (κ2) is 19.4. The van der Waals surface area contributed by atoms with Crippen LogP contribution in [0.2, 0.25) is 0 Å². The Balaban J connectivity index is 0.000000249. The van der Waals surface area contributed by atoms with Gasteiger partial charge >= 0.3 is 7.60 Å². The van der Waals surface area contributed by atoms with Gasteiger partial charge in [-0.1, -0.05) is 88.0 Å². The lowest BCUT2D eigenvalue weighted by Gasteiger charge is -2.12. The summed E-state index contributed by atoms with van der Waals surface area (Å²) in [6, 6.07) is 23.2. The number of ether oxygens (including phenoxy) is 1. The first-order chi connectivity index (χ1) is 21.3. The van der Waals surface area contributed by atoms with E-state index in [1.54, 1.807) is 19.3 Å². The molecule has 13 heteroatoms. The Labute approximate surface area is 294 Å². The molecule has 0 atom stereocenters. The number of Topliss-reactive ketones (excluding diaryl/α,β-unsaturated/α-hetero) is 1. The first-order valence-electron chi connectivity index (χ1n) is 12.7. The zero-order valence-electron chi connectivity index (χ0n) is 24.1. The molecule has 0 saturated heterocycles. The number of ketones is 2. The Morgan fingerprint density at radius 1 is 0.711 bits per heavy atom. The van der Waals surface area contributed by atoms with Gasteiger partial charge in [0.1, 0.15) is 23.5 Å². The van der Waals surface area contributed by atoms with E-state index in [1.807, 2.05) is 48.5 Å². The van der Waals surface area contributed by atoms with Crippen LogP contribution in [0.4, 0.5) is 8.78 Å². The van der Waals surface area contributed by atoms with Crippen LogP contribution in [0.5, 0.6) is 5.75 Å². The topological polar surface area (TPSA) is 78.9 Å². The average Bonchev–Trinajstić information content (AvgIpc) is 2.99. The van der Waals surface area contributed by atoms with Crippen molar-refractivity contribution in [3.63, 3.8) is 0 Å². The van der Waals surface area contributed by atoms with Crippen LogP contribution in [-0.2, 0) is 13.6 Å². The van der Waals surface area contributed by atoms with Gasteiger partial charge in [-0.05, 0) is 78.4 Å². The van der Waals surface area contributed by atoms with Crippen LogP contribution >= 0.6 is 71.3 Å². The summed E-state index contributed by atoms with van der Waals surface area (Å²) in [5.74, 6) is -0.845. The number of carbonyl (C=O) groups is 2. The monoisotopic (exact) mass is 892 g/mol. The molecule has 0 aliphatic heterocycles. The first kappa shape index (κ1) is 38.9. The van der Waals surface area contributed by atoms with Gasteiger partial charge < -0.3 is 13.8 Å². The van der Waals surface area contributed by atoms with Crippen LogP contribution in [0.3, 0.4) is 0 Å². The van der Waals surface area contributed by atoms with E-state index < -0.39 is 31.2 Å². The molecule has 45 heavy (non-hydrogen) atoms. The molecule has 4 rings (SSSR count). The molecule has 0 heterocycles. The maximum Gasteiger partial charge on any atom is 0.337 e. The molecule has 0 amide bonds. The molecule has 0 aromatic heterocycles. The number of rotatable bonds is 9. The van der Waals surface area contributed by atoms with E-state index in [9.17, 15) is 22.9 Å². The number of halogens is 6. The van der Waals surface area contributed by atoms with Gasteiger partial charge in [0.2, 0.25) is 0 Å². The predicted octanol–water partition coefficient (Wildman–Crippen LogP) is 11.0. The maximum absolute atomic E-state index is 13.2. The molecule has 4 aromatic carbocycles. The number of hydrogen-bond donors (Lipinski definition) is 0. The second-order valence-electron chi connectivity index (χ2n) is 8.79. The van der Waals surface area contributed by atoms with Crippen molar-refractivity contribution in [2.45, 2.75) is 0 Å². The summed E-state index contributed by atoms with van der Waals surface area (Å²) in [5, 5.41) is 0. The maximum atomic E-state index is 13.2. The summed E-state index contributed by atoms with van der Waals surface area (Å²) in [4.78, 5) is 23.7. The Morgan fingerprint density at radius 3 is 1.73 bits per heavy atom. The summed E-state index contributed by atoms with van der Waals surface area (Å²) in [6.45, 7) is 0. The van der Waals surface area contributed by atoms with Gasteiger partial charge in [-0.2, -0.15) is 0 Å². The Hall–Kier alpha value is -2.31. The third-order valence-electron chi connectivity index (χ3n) is 5.53. The van der Waals surface area contributed by atoms with Gasteiger partial charge in [0, 0.05) is 43.2 Å². The van der Waals surface area contributed by atoms with Crippen LogP contribution in [0.1, 0.15) is 26.3 Å². The van der Waals surface area contributed by atoms with Crippen molar-refractivity contribution in [2.24, 2.45) is 0 Å². The zero-order valence-corrected chi connectivity index (χ0v) is 31.3. The molecule has 0 saturated carbocycles. The summed E-state index contributed by atoms with van der Waals surface area (Å²) in [7, 11) is 0.621. The number of methoxy groups -OCH3 is 1. The van der Waals surface area contributed by atoms with Crippen LogP contribution in [0.25, 0.3) is 6.08 Å². The van der Waals surface area contributed by atoms with E-state index in [0.717, 1.165) is 26.3 Å². The average molecular weight is 896 g/mol. The van der Waals surface area contributed by atoms with E-state index >= 15 is 0 Å². The third-order valence-corrected chi connectivity index (χ3v) is 9.22. The molecule has 6 nitrogen and oxygen atoms in total. The van der Waals surface area contributed by atoms with Gasteiger partial charge in [-0.3, -0.25) is 14.2 Å². The Morgan fingerprint density at radius 2 is 1.24 bits per heavy atom. The van der Waals surface area contributed by atoms with Crippen molar-refractivity contribution in [2.75, 3.05) is 27.5 Å². The summed E-state index contributed by atoms with van der Waals surface area (Å²) in [6.07, 6.45) is 2.71. The molecule has 0 aliphatic carbocycles. The van der Waals surface area contributed by atoms with Gasteiger partial charge in [0.15, 0.2) is 11.6 Å². The highest BCUT2D eigenvalue weighted by Crippen LogP contribution is 2.46. The van der Waals surface area contributed by atoms with E-state index in [1.165, 1.54) is 44.6 Å². The highest BCUT2D eigenvalue weighted by molar-refractivity contribution is 9.11. The molecule has 0 aliphatic rings. The lowest BCUT2D eigenvalue weighted by molar-refractivity contribution is 0.101. The zero-order chi connectivity index (χ0) is 33.6. The molecule has 0 unspecified atom stereocenters. The fraction of sp³-hybridized carbons (Fsp3) is 0.125. The van der Waals surface area contributed by atoms with Crippen molar-refractivity contribution < 1.29 is 36.7 Å².